The molecule has 0 spiro atoms. The van der Waals surface area contributed by atoms with Crippen molar-refractivity contribution in [2.75, 3.05) is 5.32 Å². The molecule has 0 aliphatic carbocycles. The predicted molar refractivity (Wildman–Crippen MR) is 78.3 cm³/mol. The summed E-state index contributed by atoms with van der Waals surface area (Å²) in [6.45, 7) is 5.48. The van der Waals surface area contributed by atoms with E-state index in [2.05, 4.69) is 26.3 Å². The van der Waals surface area contributed by atoms with Gasteiger partial charge in [-0.05, 0) is 48.8 Å². The average molecular weight is 326 g/mol. The molecule has 2 rings (SSSR count). The van der Waals surface area contributed by atoms with Crippen LogP contribution in [0.5, 0.6) is 0 Å². The van der Waals surface area contributed by atoms with Gasteiger partial charge in [0, 0.05) is 7.05 Å². The monoisotopic (exact) mass is 325 g/mol. The fourth-order valence-electron chi connectivity index (χ4n) is 1.78. The van der Waals surface area contributed by atoms with Gasteiger partial charge in [-0.25, -0.2) is 4.79 Å². The van der Waals surface area contributed by atoms with Crippen LogP contribution >= 0.6 is 15.9 Å². The maximum absolute atomic E-state index is 11.8. The van der Waals surface area contributed by atoms with Gasteiger partial charge in [-0.3, -0.25) is 10.00 Å². The smallest absolute Gasteiger partial charge is 0.412 e. The Labute approximate surface area is 120 Å². The second-order valence-electron chi connectivity index (χ2n) is 5.24. The summed E-state index contributed by atoms with van der Waals surface area (Å²) in [6, 6.07) is 5.62. The SMILES string of the molecule is Cn1nc(Br)c2c(NC(=O)OC(C)(C)C)cccc21. The Hall–Kier alpha value is -1.56. The van der Waals surface area contributed by atoms with Gasteiger partial charge in [0.05, 0.1) is 16.6 Å². The number of hydrogen-bond acceptors (Lipinski definition) is 3. The number of carbonyl (C=O) groups is 1. The molecule has 0 atom stereocenters. The van der Waals surface area contributed by atoms with Crippen molar-refractivity contribution in [2.45, 2.75) is 26.4 Å². The molecule has 6 heteroatoms. The summed E-state index contributed by atoms with van der Waals surface area (Å²) < 4.78 is 7.69. The lowest BCUT2D eigenvalue weighted by atomic mass is 10.2. The molecule has 0 aliphatic heterocycles. The van der Waals surface area contributed by atoms with Crippen molar-refractivity contribution in [2.24, 2.45) is 7.05 Å². The van der Waals surface area contributed by atoms with Gasteiger partial charge in [0.2, 0.25) is 0 Å². The van der Waals surface area contributed by atoms with Gasteiger partial charge in [-0.2, -0.15) is 5.10 Å². The number of halogens is 1. The van der Waals surface area contributed by atoms with Crippen LogP contribution in [0.25, 0.3) is 10.9 Å². The van der Waals surface area contributed by atoms with Crippen LogP contribution in [0.15, 0.2) is 22.8 Å². The number of amides is 1. The highest BCUT2D eigenvalue weighted by atomic mass is 79.9. The number of carbonyl (C=O) groups excluding carboxylic acids is 1. The molecule has 102 valence electrons. The Morgan fingerprint density at radius 1 is 1.42 bits per heavy atom. The maximum Gasteiger partial charge on any atom is 0.412 e. The predicted octanol–water partition coefficient (Wildman–Crippen LogP) is 3.68. The molecular formula is C13H16BrN3O2. The summed E-state index contributed by atoms with van der Waals surface area (Å²) in [4.78, 5) is 11.8. The van der Waals surface area contributed by atoms with E-state index < -0.39 is 11.7 Å². The average Bonchev–Trinajstić information content (AvgIpc) is 2.53. The Balaban J connectivity index is 2.33. The van der Waals surface area contributed by atoms with Crippen molar-refractivity contribution in [3.8, 4) is 0 Å². The Bertz CT molecular complexity index is 629. The highest BCUT2D eigenvalue weighted by Gasteiger charge is 2.18. The van der Waals surface area contributed by atoms with Crippen molar-refractivity contribution in [3.05, 3.63) is 22.8 Å². The standard InChI is InChI=1S/C13H16BrN3O2/c1-13(2,3)19-12(18)15-8-6-5-7-9-10(8)11(14)16-17(9)4/h5-7H,1-4H3,(H,15,18). The third kappa shape index (κ3) is 3.07. The topological polar surface area (TPSA) is 56.2 Å². The minimum absolute atomic E-state index is 0.476. The number of ether oxygens (including phenoxy) is 1. The second-order valence-corrected chi connectivity index (χ2v) is 5.99. The summed E-state index contributed by atoms with van der Waals surface area (Å²) in [5.74, 6) is 0. The van der Waals surface area contributed by atoms with Crippen molar-refractivity contribution >= 4 is 38.6 Å². The molecule has 2 aromatic rings. The summed E-state index contributed by atoms with van der Waals surface area (Å²) in [5, 5.41) is 7.88. The fourth-order valence-corrected chi connectivity index (χ4v) is 2.43. The van der Waals surface area contributed by atoms with Crippen molar-refractivity contribution < 1.29 is 9.53 Å². The van der Waals surface area contributed by atoms with Gasteiger partial charge in [-0.15, -0.1) is 0 Å². The highest BCUT2D eigenvalue weighted by molar-refractivity contribution is 9.10. The van der Waals surface area contributed by atoms with E-state index in [9.17, 15) is 4.79 Å². The van der Waals surface area contributed by atoms with E-state index in [0.717, 1.165) is 10.9 Å². The maximum atomic E-state index is 11.8. The van der Waals surface area contributed by atoms with Gasteiger partial charge in [0.15, 0.2) is 0 Å². The first-order valence-corrected chi connectivity index (χ1v) is 6.68. The highest BCUT2D eigenvalue weighted by Crippen LogP contribution is 2.30. The number of anilines is 1. The quantitative estimate of drug-likeness (QED) is 0.870. The van der Waals surface area contributed by atoms with Crippen molar-refractivity contribution in [1.29, 1.82) is 0 Å². The first-order chi connectivity index (χ1) is 8.78. The molecular weight excluding hydrogens is 310 g/mol. The first kappa shape index (κ1) is 13.9. The van der Waals surface area contributed by atoms with E-state index in [4.69, 9.17) is 4.74 Å². The third-order valence-electron chi connectivity index (χ3n) is 2.47. The molecule has 0 fully saturated rings. The zero-order valence-electron chi connectivity index (χ0n) is 11.3. The molecule has 0 bridgehead atoms. The number of rotatable bonds is 1. The summed E-state index contributed by atoms with van der Waals surface area (Å²) in [5.41, 5.74) is 1.08. The van der Waals surface area contributed by atoms with Crippen LogP contribution in [0.1, 0.15) is 20.8 Å². The van der Waals surface area contributed by atoms with E-state index in [-0.39, 0.29) is 0 Å². The molecule has 1 aromatic heterocycles. The molecule has 1 N–H and O–H groups in total. The Kier molecular flexibility index (Phi) is 3.54. The minimum Gasteiger partial charge on any atom is -0.444 e. The van der Waals surface area contributed by atoms with Crippen LogP contribution in [-0.2, 0) is 11.8 Å². The van der Waals surface area contributed by atoms with Crippen LogP contribution < -0.4 is 5.32 Å². The first-order valence-electron chi connectivity index (χ1n) is 5.89. The number of hydrogen-bond donors (Lipinski definition) is 1. The molecule has 1 aromatic carbocycles. The summed E-state index contributed by atoms with van der Waals surface area (Å²) >= 11 is 3.40. The minimum atomic E-state index is -0.524. The Morgan fingerprint density at radius 2 is 2.11 bits per heavy atom. The summed E-state index contributed by atoms with van der Waals surface area (Å²) in [7, 11) is 1.85. The van der Waals surface area contributed by atoms with Gasteiger partial charge >= 0.3 is 6.09 Å². The molecule has 1 heterocycles. The van der Waals surface area contributed by atoms with E-state index >= 15 is 0 Å². The van der Waals surface area contributed by atoms with Crippen LogP contribution in [0, 0.1) is 0 Å². The number of aromatic nitrogens is 2. The van der Waals surface area contributed by atoms with Crippen LogP contribution in [-0.4, -0.2) is 21.5 Å². The number of nitrogens with one attached hydrogen (secondary N) is 1. The van der Waals surface area contributed by atoms with Gasteiger partial charge in [0.25, 0.3) is 0 Å². The van der Waals surface area contributed by atoms with Crippen LogP contribution in [0.4, 0.5) is 10.5 Å². The van der Waals surface area contributed by atoms with Crippen molar-refractivity contribution in [1.82, 2.24) is 9.78 Å². The van der Waals surface area contributed by atoms with Crippen molar-refractivity contribution in [3.63, 3.8) is 0 Å². The Morgan fingerprint density at radius 3 is 2.74 bits per heavy atom. The molecule has 1 amide bonds. The number of aryl methyl sites for hydroxylation is 1. The number of fused-ring (bicyclic) bond motifs is 1. The normalized spacial score (nSPS) is 11.6. The molecule has 0 saturated heterocycles. The lowest BCUT2D eigenvalue weighted by molar-refractivity contribution is 0.0636. The van der Waals surface area contributed by atoms with Gasteiger partial charge in [-0.1, -0.05) is 6.07 Å². The lowest BCUT2D eigenvalue weighted by Gasteiger charge is -2.19. The van der Waals surface area contributed by atoms with Crippen LogP contribution in [0.3, 0.4) is 0 Å². The molecule has 0 saturated carbocycles. The van der Waals surface area contributed by atoms with E-state index in [0.29, 0.717) is 10.3 Å². The zero-order chi connectivity index (χ0) is 14.2. The lowest BCUT2D eigenvalue weighted by Crippen LogP contribution is -2.27. The fraction of sp³-hybridized carbons (Fsp3) is 0.385. The number of nitrogens with zero attached hydrogens (tertiary/aromatic N) is 2. The number of benzene rings is 1. The largest absolute Gasteiger partial charge is 0.444 e. The van der Waals surface area contributed by atoms with E-state index in [1.54, 1.807) is 4.68 Å². The third-order valence-corrected chi connectivity index (χ3v) is 3.03. The zero-order valence-corrected chi connectivity index (χ0v) is 12.9. The summed E-state index contributed by atoms with van der Waals surface area (Å²) in [6.07, 6.45) is -0.476. The molecule has 0 unspecified atom stereocenters. The van der Waals surface area contributed by atoms with Gasteiger partial charge < -0.3 is 4.74 Å². The van der Waals surface area contributed by atoms with Crippen LogP contribution in [0.2, 0.25) is 0 Å². The molecule has 19 heavy (non-hydrogen) atoms. The molecule has 0 radical (unpaired) electrons. The van der Waals surface area contributed by atoms with E-state index in [1.807, 2.05) is 46.0 Å². The molecule has 0 aliphatic rings. The van der Waals surface area contributed by atoms with Gasteiger partial charge in [0.1, 0.15) is 10.2 Å². The van der Waals surface area contributed by atoms with E-state index in [1.165, 1.54) is 0 Å². The second kappa shape index (κ2) is 4.85. The molecule has 5 nitrogen and oxygen atoms in total.